The van der Waals surface area contributed by atoms with Gasteiger partial charge in [0.2, 0.25) is 0 Å². The third kappa shape index (κ3) is 4.77. The van der Waals surface area contributed by atoms with Crippen LogP contribution in [-0.4, -0.2) is 7.69 Å². The summed E-state index contributed by atoms with van der Waals surface area (Å²) < 4.78 is 10.7. The highest BCUT2D eigenvalue weighted by molar-refractivity contribution is 6.20. The molecule has 20 heavy (non-hydrogen) atoms. The minimum absolute atomic E-state index is 0. The third-order valence-corrected chi connectivity index (χ3v) is 2.69. The highest BCUT2D eigenvalue weighted by Gasteiger charge is 2.01. The molecule has 0 aliphatic carbocycles. The van der Waals surface area contributed by atoms with Gasteiger partial charge in [-0.15, -0.1) is 12.4 Å². The van der Waals surface area contributed by atoms with Crippen LogP contribution in [0.2, 0.25) is 0 Å². The van der Waals surface area contributed by atoms with E-state index < -0.39 is 0 Å². The Morgan fingerprint density at radius 3 is 1.35 bits per heavy atom. The Hall–Kier alpha value is -1.69. The quantitative estimate of drug-likeness (QED) is 0.799. The van der Waals surface area contributed by atoms with E-state index in [2.05, 4.69) is 0 Å². The van der Waals surface area contributed by atoms with E-state index >= 15 is 0 Å². The maximum absolute atomic E-state index is 5.52. The van der Waals surface area contributed by atoms with Gasteiger partial charge in [-0.05, 0) is 35.4 Å². The Labute approximate surface area is 125 Å². The average molecular weight is 292 g/mol. The van der Waals surface area contributed by atoms with E-state index in [0.29, 0.717) is 24.6 Å². The van der Waals surface area contributed by atoms with E-state index in [4.69, 9.17) is 20.8 Å². The van der Waals surface area contributed by atoms with Gasteiger partial charge in [0.1, 0.15) is 11.5 Å². The van der Waals surface area contributed by atoms with Crippen LogP contribution in [-0.2, 0) is 13.1 Å². The normalized spacial score (nSPS) is 9.50. The van der Waals surface area contributed by atoms with Crippen molar-refractivity contribution in [3.05, 3.63) is 59.7 Å². The van der Waals surface area contributed by atoms with E-state index in [9.17, 15) is 0 Å². The second kappa shape index (κ2) is 8.48. The molecule has 0 bridgehead atoms. The van der Waals surface area contributed by atoms with Crippen LogP contribution in [0.3, 0.4) is 0 Å². The topological polar surface area (TPSA) is 70.5 Å². The van der Waals surface area contributed by atoms with Crippen LogP contribution in [0.15, 0.2) is 48.5 Å². The highest BCUT2D eigenvalue weighted by atomic mass is 35.5. The van der Waals surface area contributed by atoms with Crippen molar-refractivity contribution < 1.29 is 9.31 Å². The minimum Gasteiger partial charge on any atom is -0.526 e. The predicted molar refractivity (Wildman–Crippen MR) is 82.9 cm³/mol. The minimum atomic E-state index is 0. The SMILES string of the molecule is Cl.NCc1ccc(O[B]Oc2ccc(CN)cc2)cc1. The molecule has 4 N–H and O–H groups in total. The fourth-order valence-electron chi connectivity index (χ4n) is 1.54. The van der Waals surface area contributed by atoms with Crippen molar-refractivity contribution in [1.29, 1.82) is 0 Å². The summed E-state index contributed by atoms with van der Waals surface area (Å²) in [6.45, 7) is 1.04. The number of hydrogen-bond donors (Lipinski definition) is 2. The van der Waals surface area contributed by atoms with Gasteiger partial charge in [-0.3, -0.25) is 0 Å². The molecule has 2 aromatic rings. The van der Waals surface area contributed by atoms with Gasteiger partial charge in [-0.25, -0.2) is 0 Å². The molecule has 2 rings (SSSR count). The molecule has 0 aromatic heterocycles. The van der Waals surface area contributed by atoms with Crippen molar-refractivity contribution in [1.82, 2.24) is 0 Å². The van der Waals surface area contributed by atoms with Gasteiger partial charge in [0.05, 0.1) is 0 Å². The molecule has 0 aliphatic heterocycles. The van der Waals surface area contributed by atoms with Crippen LogP contribution in [0.1, 0.15) is 11.1 Å². The van der Waals surface area contributed by atoms with Crippen molar-refractivity contribution in [2.24, 2.45) is 11.5 Å². The van der Waals surface area contributed by atoms with Crippen molar-refractivity contribution >= 4 is 20.1 Å². The monoisotopic (exact) mass is 291 g/mol. The van der Waals surface area contributed by atoms with Crippen molar-refractivity contribution in [3.8, 4) is 11.5 Å². The van der Waals surface area contributed by atoms with Crippen LogP contribution in [0.25, 0.3) is 0 Å². The van der Waals surface area contributed by atoms with Crippen LogP contribution in [0.4, 0.5) is 0 Å². The Bertz CT molecular complexity index is 458. The molecule has 0 unspecified atom stereocenters. The molecule has 1 radical (unpaired) electrons. The van der Waals surface area contributed by atoms with Gasteiger partial charge in [0.15, 0.2) is 0 Å². The standard InChI is InChI=1S/C14H16BN2O2.ClH/c16-9-11-1-5-13(6-2-11)18-15-19-14-7-3-12(10-17)4-8-14;/h1-8H,9-10,16-17H2;1H. The molecule has 0 saturated heterocycles. The Morgan fingerprint density at radius 1 is 0.700 bits per heavy atom. The summed E-state index contributed by atoms with van der Waals surface area (Å²) in [5, 5.41) is 0. The smallest absolute Gasteiger partial charge is 0.526 e. The zero-order valence-corrected chi connectivity index (χ0v) is 11.8. The first-order valence-corrected chi connectivity index (χ1v) is 6.05. The summed E-state index contributed by atoms with van der Waals surface area (Å²) in [6, 6.07) is 15.1. The summed E-state index contributed by atoms with van der Waals surface area (Å²) in [4.78, 5) is 0. The third-order valence-electron chi connectivity index (χ3n) is 2.69. The lowest BCUT2D eigenvalue weighted by Crippen LogP contribution is -2.11. The van der Waals surface area contributed by atoms with Gasteiger partial charge >= 0.3 is 7.69 Å². The van der Waals surface area contributed by atoms with Crippen LogP contribution in [0, 0.1) is 0 Å². The largest absolute Gasteiger partial charge is 0.658 e. The second-order valence-corrected chi connectivity index (χ2v) is 4.03. The summed E-state index contributed by atoms with van der Waals surface area (Å²) in [5.41, 5.74) is 13.2. The molecule has 4 nitrogen and oxygen atoms in total. The van der Waals surface area contributed by atoms with Gasteiger partial charge in [-0.1, -0.05) is 24.3 Å². The molecular formula is C14H17BClN2O2. The molecule has 6 heteroatoms. The van der Waals surface area contributed by atoms with E-state index in [-0.39, 0.29) is 12.4 Å². The van der Waals surface area contributed by atoms with Gasteiger partial charge in [0.25, 0.3) is 0 Å². The van der Waals surface area contributed by atoms with E-state index in [1.807, 2.05) is 48.5 Å². The molecule has 2 aromatic carbocycles. The van der Waals surface area contributed by atoms with E-state index in [0.717, 1.165) is 11.1 Å². The molecule has 0 saturated carbocycles. The molecule has 0 aliphatic rings. The number of hydrogen-bond acceptors (Lipinski definition) is 4. The first-order valence-electron chi connectivity index (χ1n) is 6.05. The molecule has 105 valence electrons. The maximum atomic E-state index is 5.52. The summed E-state index contributed by atoms with van der Waals surface area (Å²) in [7, 11) is 1.30. The Morgan fingerprint density at radius 2 is 1.05 bits per heavy atom. The number of nitrogens with two attached hydrogens (primary N) is 2. The number of halogens is 1. The number of rotatable bonds is 6. The highest BCUT2D eigenvalue weighted by Crippen LogP contribution is 2.14. The molecular weight excluding hydrogens is 274 g/mol. The molecule has 0 fully saturated rings. The van der Waals surface area contributed by atoms with Crippen molar-refractivity contribution in [2.75, 3.05) is 0 Å². The molecule has 0 spiro atoms. The lowest BCUT2D eigenvalue weighted by Gasteiger charge is -2.07. The van der Waals surface area contributed by atoms with Crippen LogP contribution in [0.5, 0.6) is 11.5 Å². The van der Waals surface area contributed by atoms with Crippen LogP contribution >= 0.6 is 12.4 Å². The molecule has 0 heterocycles. The lowest BCUT2D eigenvalue weighted by molar-refractivity contribution is 0.459. The fraction of sp³-hybridized carbons (Fsp3) is 0.143. The first-order chi connectivity index (χ1) is 9.31. The average Bonchev–Trinajstić information content (AvgIpc) is 2.49. The van der Waals surface area contributed by atoms with Gasteiger partial charge < -0.3 is 20.8 Å². The second-order valence-electron chi connectivity index (χ2n) is 4.03. The molecule has 0 amide bonds. The maximum Gasteiger partial charge on any atom is 0.658 e. The Kier molecular flexibility index (Phi) is 6.94. The summed E-state index contributed by atoms with van der Waals surface area (Å²) in [5.74, 6) is 1.41. The van der Waals surface area contributed by atoms with E-state index in [1.165, 1.54) is 7.69 Å². The van der Waals surface area contributed by atoms with Crippen LogP contribution < -0.4 is 20.8 Å². The summed E-state index contributed by atoms with van der Waals surface area (Å²) in [6.07, 6.45) is 0. The lowest BCUT2D eigenvalue weighted by atomic mass is 10.2. The summed E-state index contributed by atoms with van der Waals surface area (Å²) >= 11 is 0. The van der Waals surface area contributed by atoms with Gasteiger partial charge in [-0.2, -0.15) is 0 Å². The predicted octanol–water partition coefficient (Wildman–Crippen LogP) is 2.02. The van der Waals surface area contributed by atoms with Crippen molar-refractivity contribution in [3.63, 3.8) is 0 Å². The first kappa shape index (κ1) is 16.4. The Balaban J connectivity index is 0.00000200. The zero-order chi connectivity index (χ0) is 13.5. The van der Waals surface area contributed by atoms with Gasteiger partial charge in [0, 0.05) is 13.1 Å². The fourth-order valence-corrected chi connectivity index (χ4v) is 1.54. The van der Waals surface area contributed by atoms with Crippen molar-refractivity contribution in [2.45, 2.75) is 13.1 Å². The zero-order valence-electron chi connectivity index (χ0n) is 11.0. The molecule has 0 atom stereocenters. The number of benzene rings is 2. The van der Waals surface area contributed by atoms with E-state index in [1.54, 1.807) is 0 Å².